The van der Waals surface area contributed by atoms with Crippen molar-refractivity contribution in [2.24, 2.45) is 23.7 Å². The minimum absolute atomic E-state index is 0.215. The molecule has 0 saturated heterocycles. The highest BCUT2D eigenvalue weighted by Gasteiger charge is 2.61. The maximum Gasteiger partial charge on any atom is 0.0387 e. The van der Waals surface area contributed by atoms with Gasteiger partial charge in [-0.2, -0.15) is 0 Å². The standard InChI is InChI=1S/C40H35N/c1-2-6-28(7-3-1)29-10-12-30(13-11-29)31-14-16-34(17-15-31)41-35-18-19-37-36-8-4-5-9-38(36)40(39(37)25-35)32-21-26-20-27(23-32)24-33(40)22-26/h1-19,25-27,32-33,41H,20-24H2. The number of hydrogen-bond acceptors (Lipinski definition) is 1. The summed E-state index contributed by atoms with van der Waals surface area (Å²) in [5.74, 6) is 3.52. The highest BCUT2D eigenvalue weighted by atomic mass is 14.9. The van der Waals surface area contributed by atoms with Gasteiger partial charge in [0.1, 0.15) is 0 Å². The Morgan fingerprint density at radius 3 is 1.61 bits per heavy atom. The maximum absolute atomic E-state index is 3.77. The van der Waals surface area contributed by atoms with E-state index in [1.165, 1.54) is 71.2 Å². The smallest absolute Gasteiger partial charge is 0.0387 e. The zero-order valence-corrected chi connectivity index (χ0v) is 23.4. The van der Waals surface area contributed by atoms with Crippen LogP contribution < -0.4 is 5.32 Å². The molecular formula is C40H35N. The normalized spacial score (nSPS) is 26.6. The first-order valence-electron chi connectivity index (χ1n) is 15.5. The average Bonchev–Trinajstić information content (AvgIpc) is 3.31. The molecule has 5 aliphatic rings. The van der Waals surface area contributed by atoms with Gasteiger partial charge in [0.05, 0.1) is 0 Å². The molecule has 1 N–H and O–H groups in total. The molecule has 41 heavy (non-hydrogen) atoms. The number of rotatable bonds is 4. The van der Waals surface area contributed by atoms with Gasteiger partial charge in [-0.1, -0.05) is 97.1 Å². The van der Waals surface area contributed by atoms with Crippen LogP contribution in [0, 0.1) is 23.7 Å². The molecule has 4 saturated carbocycles. The largest absolute Gasteiger partial charge is 0.356 e. The molecule has 1 nitrogen and oxygen atoms in total. The van der Waals surface area contributed by atoms with E-state index in [1.807, 2.05) is 0 Å². The molecule has 1 heteroatoms. The van der Waals surface area contributed by atoms with Crippen LogP contribution in [0.4, 0.5) is 11.4 Å². The molecule has 0 aliphatic heterocycles. The number of benzene rings is 5. The van der Waals surface area contributed by atoms with E-state index in [2.05, 4.69) is 127 Å². The van der Waals surface area contributed by atoms with Crippen LogP contribution in [0.1, 0.15) is 43.2 Å². The quantitative estimate of drug-likeness (QED) is 0.244. The fourth-order valence-electron chi connectivity index (χ4n) is 9.63. The van der Waals surface area contributed by atoms with Crippen molar-refractivity contribution in [1.82, 2.24) is 0 Å². The maximum atomic E-state index is 3.77. The minimum atomic E-state index is 0.215. The van der Waals surface area contributed by atoms with Crippen molar-refractivity contribution in [1.29, 1.82) is 0 Å². The van der Waals surface area contributed by atoms with Gasteiger partial charge >= 0.3 is 0 Å². The molecule has 1 spiro atoms. The van der Waals surface area contributed by atoms with E-state index >= 15 is 0 Å². The Morgan fingerprint density at radius 1 is 0.439 bits per heavy atom. The summed E-state index contributed by atoms with van der Waals surface area (Å²) in [6.07, 6.45) is 7.18. The molecule has 0 atom stereocenters. The second-order valence-electron chi connectivity index (χ2n) is 13.1. The number of fused-ring (bicyclic) bond motifs is 3. The third-order valence-corrected chi connectivity index (χ3v) is 11.1. The van der Waals surface area contributed by atoms with Crippen LogP contribution in [0.25, 0.3) is 33.4 Å². The summed E-state index contributed by atoms with van der Waals surface area (Å²) in [5.41, 5.74) is 13.8. The number of anilines is 2. The van der Waals surface area contributed by atoms with Crippen LogP contribution in [-0.2, 0) is 5.41 Å². The van der Waals surface area contributed by atoms with Crippen LogP contribution in [0.2, 0.25) is 0 Å². The first kappa shape index (κ1) is 23.6. The van der Waals surface area contributed by atoms with Crippen LogP contribution >= 0.6 is 0 Å². The minimum Gasteiger partial charge on any atom is -0.356 e. The summed E-state index contributed by atoms with van der Waals surface area (Å²) in [6.45, 7) is 0. The van der Waals surface area contributed by atoms with Gasteiger partial charge in [-0.25, -0.2) is 0 Å². The third kappa shape index (κ3) is 3.54. The van der Waals surface area contributed by atoms with E-state index < -0.39 is 0 Å². The highest BCUT2D eigenvalue weighted by Crippen LogP contribution is 2.69. The second kappa shape index (κ2) is 8.95. The summed E-state index contributed by atoms with van der Waals surface area (Å²) in [4.78, 5) is 0. The fourth-order valence-corrected chi connectivity index (χ4v) is 9.63. The molecule has 5 aromatic rings. The predicted molar refractivity (Wildman–Crippen MR) is 170 cm³/mol. The van der Waals surface area contributed by atoms with Crippen molar-refractivity contribution in [2.45, 2.75) is 37.5 Å². The van der Waals surface area contributed by atoms with E-state index in [-0.39, 0.29) is 5.41 Å². The van der Waals surface area contributed by atoms with Gasteiger partial charge in [0, 0.05) is 16.8 Å². The van der Waals surface area contributed by atoms with Crippen molar-refractivity contribution in [3.63, 3.8) is 0 Å². The summed E-state index contributed by atoms with van der Waals surface area (Å²) in [7, 11) is 0. The zero-order valence-electron chi connectivity index (χ0n) is 23.4. The van der Waals surface area contributed by atoms with E-state index in [0.29, 0.717) is 0 Å². The Morgan fingerprint density at radius 2 is 0.951 bits per heavy atom. The Hall–Kier alpha value is -4.10. The van der Waals surface area contributed by atoms with E-state index in [1.54, 1.807) is 11.1 Å². The molecule has 200 valence electrons. The second-order valence-corrected chi connectivity index (χ2v) is 13.1. The summed E-state index contributed by atoms with van der Waals surface area (Å²) in [5, 5.41) is 3.77. The van der Waals surface area contributed by atoms with Crippen LogP contribution in [0.15, 0.2) is 121 Å². The molecule has 10 rings (SSSR count). The molecular weight excluding hydrogens is 494 g/mol. The molecule has 0 aromatic heterocycles. The Bertz CT molecular complexity index is 1720. The van der Waals surface area contributed by atoms with Crippen LogP contribution in [0.5, 0.6) is 0 Å². The average molecular weight is 530 g/mol. The van der Waals surface area contributed by atoms with Gasteiger partial charge in [-0.15, -0.1) is 0 Å². The SMILES string of the molecule is c1ccc(-c2ccc(-c3ccc(Nc4ccc5c(c4)C4(c6ccccc6-5)C5CC6CC(C5)CC4C6)cc3)cc2)cc1. The van der Waals surface area contributed by atoms with Gasteiger partial charge in [0.2, 0.25) is 0 Å². The van der Waals surface area contributed by atoms with Crippen molar-refractivity contribution >= 4 is 11.4 Å². The van der Waals surface area contributed by atoms with Crippen LogP contribution in [-0.4, -0.2) is 0 Å². The monoisotopic (exact) mass is 529 g/mol. The molecule has 5 aliphatic carbocycles. The van der Waals surface area contributed by atoms with Crippen molar-refractivity contribution < 1.29 is 0 Å². The lowest BCUT2D eigenvalue weighted by Crippen LogP contribution is -2.55. The van der Waals surface area contributed by atoms with Crippen molar-refractivity contribution in [2.75, 3.05) is 5.32 Å². The Labute approximate surface area is 243 Å². The summed E-state index contributed by atoms with van der Waals surface area (Å²) in [6, 6.07) is 45.0. The molecule has 4 fully saturated rings. The van der Waals surface area contributed by atoms with Crippen LogP contribution in [0.3, 0.4) is 0 Å². The Kier molecular flexibility index (Phi) is 5.15. The first-order valence-corrected chi connectivity index (χ1v) is 15.5. The number of nitrogens with one attached hydrogen (secondary N) is 1. The summed E-state index contributed by atoms with van der Waals surface area (Å²) < 4.78 is 0. The lowest BCUT2D eigenvalue weighted by Gasteiger charge is -2.61. The van der Waals surface area contributed by atoms with Crippen molar-refractivity contribution in [3.05, 3.63) is 132 Å². The van der Waals surface area contributed by atoms with Gasteiger partial charge < -0.3 is 5.32 Å². The van der Waals surface area contributed by atoms with Gasteiger partial charge in [0.15, 0.2) is 0 Å². The Balaban J connectivity index is 1.02. The molecule has 5 aromatic carbocycles. The van der Waals surface area contributed by atoms with Gasteiger partial charge in [0.25, 0.3) is 0 Å². The lowest BCUT2D eigenvalue weighted by atomic mass is 9.43. The van der Waals surface area contributed by atoms with E-state index in [4.69, 9.17) is 0 Å². The lowest BCUT2D eigenvalue weighted by molar-refractivity contribution is -0.0399. The predicted octanol–water partition coefficient (Wildman–Crippen LogP) is 10.5. The van der Waals surface area contributed by atoms with Crippen molar-refractivity contribution in [3.8, 4) is 33.4 Å². The van der Waals surface area contributed by atoms with Gasteiger partial charge in [-0.05, 0) is 125 Å². The third-order valence-electron chi connectivity index (χ3n) is 11.1. The molecule has 0 heterocycles. The molecule has 0 amide bonds. The molecule has 4 bridgehead atoms. The summed E-state index contributed by atoms with van der Waals surface area (Å²) >= 11 is 0. The first-order chi connectivity index (χ1) is 20.3. The van der Waals surface area contributed by atoms with E-state index in [0.717, 1.165) is 29.4 Å². The molecule has 0 unspecified atom stereocenters. The molecule has 0 radical (unpaired) electrons. The highest BCUT2D eigenvalue weighted by molar-refractivity contribution is 5.84. The zero-order chi connectivity index (χ0) is 27.0. The fraction of sp³-hybridized carbons (Fsp3) is 0.250. The van der Waals surface area contributed by atoms with Gasteiger partial charge in [-0.3, -0.25) is 0 Å². The number of hydrogen-bond donors (Lipinski definition) is 1. The topological polar surface area (TPSA) is 12.0 Å². The van der Waals surface area contributed by atoms with E-state index in [9.17, 15) is 0 Å².